The van der Waals surface area contributed by atoms with Crippen molar-refractivity contribution in [2.75, 3.05) is 25.5 Å². The Morgan fingerprint density at radius 1 is 1.42 bits per heavy atom. The molecule has 6 nitrogen and oxygen atoms in total. The second-order valence-corrected chi connectivity index (χ2v) is 6.23. The van der Waals surface area contributed by atoms with Crippen molar-refractivity contribution in [3.8, 4) is 0 Å². The zero-order chi connectivity index (χ0) is 17.9. The average molecular weight is 359 g/mol. The molecule has 24 heavy (non-hydrogen) atoms. The number of amides is 1. The van der Waals surface area contributed by atoms with Gasteiger partial charge in [-0.2, -0.15) is 0 Å². The molecule has 132 valence electrons. The number of halogens is 2. The summed E-state index contributed by atoms with van der Waals surface area (Å²) in [7, 11) is 1.22. The number of likely N-dealkylation sites (tertiary alicyclic amines) is 1. The Hall–Kier alpha value is -2.02. The summed E-state index contributed by atoms with van der Waals surface area (Å²) in [6.07, 6.45) is 0.499. The number of anilines is 1. The summed E-state index contributed by atoms with van der Waals surface area (Å²) in [6.45, 7) is 2.87. The van der Waals surface area contributed by atoms with E-state index in [2.05, 4.69) is 10.1 Å². The van der Waals surface area contributed by atoms with Gasteiger partial charge in [-0.3, -0.25) is 0 Å². The minimum absolute atomic E-state index is 0.0502. The normalized spacial score (nSPS) is 16.6. The lowest BCUT2D eigenvalue weighted by Gasteiger charge is -2.34. The van der Waals surface area contributed by atoms with Crippen molar-refractivity contribution in [2.45, 2.75) is 25.8 Å². The van der Waals surface area contributed by atoms with Crippen molar-refractivity contribution in [1.82, 2.24) is 4.90 Å². The third kappa shape index (κ3) is 4.08. The van der Waals surface area contributed by atoms with Gasteiger partial charge in [0.1, 0.15) is 5.82 Å². The fraction of sp³-hybridized carbons (Fsp3) is 0.500. The Balaban J connectivity index is 2.09. The van der Waals surface area contributed by atoms with Crippen LogP contribution >= 0.6 is 11.6 Å². The number of carboxylic acid groups (broad SMARTS) is 1. The van der Waals surface area contributed by atoms with Crippen molar-refractivity contribution >= 4 is 29.4 Å². The summed E-state index contributed by atoms with van der Waals surface area (Å²) in [5, 5.41) is 12.0. The molecule has 2 rings (SSSR count). The van der Waals surface area contributed by atoms with Crippen molar-refractivity contribution < 1.29 is 23.8 Å². The topological polar surface area (TPSA) is 78.9 Å². The molecule has 1 aromatic carbocycles. The lowest BCUT2D eigenvalue weighted by Crippen LogP contribution is -2.41. The van der Waals surface area contributed by atoms with Crippen LogP contribution in [0.3, 0.4) is 0 Å². The van der Waals surface area contributed by atoms with Crippen LogP contribution in [0.5, 0.6) is 0 Å². The van der Waals surface area contributed by atoms with E-state index in [1.807, 2.05) is 6.92 Å². The van der Waals surface area contributed by atoms with E-state index in [-0.39, 0.29) is 22.5 Å². The van der Waals surface area contributed by atoms with Crippen LogP contribution in [0.15, 0.2) is 12.1 Å². The van der Waals surface area contributed by atoms with Crippen molar-refractivity contribution in [2.24, 2.45) is 5.92 Å². The first-order valence-corrected chi connectivity index (χ1v) is 8.03. The van der Waals surface area contributed by atoms with Crippen LogP contribution in [0, 0.1) is 11.7 Å². The third-order valence-corrected chi connectivity index (χ3v) is 4.73. The molecule has 1 aliphatic heterocycles. The van der Waals surface area contributed by atoms with E-state index in [9.17, 15) is 14.0 Å². The summed E-state index contributed by atoms with van der Waals surface area (Å²) in [4.78, 5) is 23.9. The number of piperidine rings is 1. The molecule has 1 fully saturated rings. The molecule has 0 spiro atoms. The second-order valence-electron chi connectivity index (χ2n) is 5.85. The molecule has 0 saturated carbocycles. The smallest absolute Gasteiger partial charge is 0.407 e. The maximum absolute atomic E-state index is 13.9. The third-order valence-electron chi connectivity index (χ3n) is 4.35. The number of nitrogens with one attached hydrogen (secondary N) is 1. The monoisotopic (exact) mass is 358 g/mol. The molecule has 1 saturated heterocycles. The van der Waals surface area contributed by atoms with Crippen LogP contribution in [0.1, 0.15) is 30.1 Å². The van der Waals surface area contributed by atoms with Crippen LogP contribution in [0.4, 0.5) is 14.9 Å². The number of nitrogens with zero attached hydrogens (tertiary/aromatic N) is 1. The number of benzene rings is 1. The van der Waals surface area contributed by atoms with Crippen LogP contribution in [0.25, 0.3) is 0 Å². The van der Waals surface area contributed by atoms with Gasteiger partial charge >= 0.3 is 12.1 Å². The van der Waals surface area contributed by atoms with Crippen LogP contribution in [-0.4, -0.2) is 48.3 Å². The fourth-order valence-corrected chi connectivity index (χ4v) is 3.05. The maximum Gasteiger partial charge on any atom is 0.407 e. The lowest BCUT2D eigenvalue weighted by atomic mass is 9.90. The predicted molar refractivity (Wildman–Crippen MR) is 88.2 cm³/mol. The molecule has 8 heteroatoms. The van der Waals surface area contributed by atoms with E-state index in [0.717, 1.165) is 6.07 Å². The zero-order valence-electron chi connectivity index (χ0n) is 13.5. The first kappa shape index (κ1) is 18.3. The summed E-state index contributed by atoms with van der Waals surface area (Å²) in [6, 6.07) is 2.45. The molecule has 0 radical (unpaired) electrons. The van der Waals surface area contributed by atoms with Gasteiger partial charge in [0.15, 0.2) is 0 Å². The van der Waals surface area contributed by atoms with E-state index < -0.39 is 17.9 Å². The predicted octanol–water partition coefficient (Wildman–Crippen LogP) is 3.46. The molecule has 1 aromatic rings. The van der Waals surface area contributed by atoms with E-state index in [0.29, 0.717) is 31.6 Å². The SMILES string of the molecule is COC(=O)c1cc(F)c(Cl)c(N[C@@H](C)C2CCN(C(=O)O)CC2)c1. The minimum atomic E-state index is -0.912. The highest BCUT2D eigenvalue weighted by molar-refractivity contribution is 6.33. The lowest BCUT2D eigenvalue weighted by molar-refractivity contribution is 0.0600. The number of esters is 1. The fourth-order valence-electron chi connectivity index (χ4n) is 2.88. The molecule has 0 aromatic heterocycles. The number of hydrogen-bond donors (Lipinski definition) is 2. The van der Waals surface area contributed by atoms with E-state index in [1.54, 1.807) is 0 Å². The van der Waals surface area contributed by atoms with E-state index >= 15 is 0 Å². The molecule has 1 amide bonds. The zero-order valence-corrected chi connectivity index (χ0v) is 14.3. The van der Waals surface area contributed by atoms with Gasteiger partial charge in [0, 0.05) is 19.1 Å². The molecule has 1 aliphatic rings. The second kappa shape index (κ2) is 7.70. The van der Waals surface area contributed by atoms with Gasteiger partial charge in [0.25, 0.3) is 0 Å². The number of carbonyl (C=O) groups is 2. The number of ether oxygens (including phenoxy) is 1. The molecular formula is C16H20ClFN2O4. The van der Waals surface area contributed by atoms with Crippen LogP contribution in [0.2, 0.25) is 5.02 Å². The van der Waals surface area contributed by atoms with Gasteiger partial charge in [-0.15, -0.1) is 0 Å². The number of rotatable bonds is 4. The minimum Gasteiger partial charge on any atom is -0.465 e. The Morgan fingerprint density at radius 3 is 2.58 bits per heavy atom. The van der Waals surface area contributed by atoms with Gasteiger partial charge in [0.05, 0.1) is 23.4 Å². The quantitative estimate of drug-likeness (QED) is 0.806. The van der Waals surface area contributed by atoms with Gasteiger partial charge in [-0.05, 0) is 37.8 Å². The summed E-state index contributed by atoms with van der Waals surface area (Å²) >= 11 is 5.99. The number of methoxy groups -OCH3 is 1. The average Bonchev–Trinajstić information content (AvgIpc) is 2.57. The van der Waals surface area contributed by atoms with Gasteiger partial charge in [-0.1, -0.05) is 11.6 Å². The molecule has 2 N–H and O–H groups in total. The summed E-state index contributed by atoms with van der Waals surface area (Å²) < 4.78 is 18.5. The van der Waals surface area contributed by atoms with Crippen LogP contribution in [-0.2, 0) is 4.74 Å². The summed E-state index contributed by atoms with van der Waals surface area (Å²) in [5.41, 5.74) is 0.403. The van der Waals surface area contributed by atoms with E-state index in [4.69, 9.17) is 16.7 Å². The number of hydrogen-bond acceptors (Lipinski definition) is 4. The summed E-state index contributed by atoms with van der Waals surface area (Å²) in [5.74, 6) is -1.12. The molecular weight excluding hydrogens is 339 g/mol. The standard InChI is InChI=1S/C16H20ClFN2O4/c1-9(10-3-5-20(6-4-10)16(22)23)19-13-8-11(15(21)24-2)7-12(18)14(13)17/h7-10,19H,3-6H2,1-2H3,(H,22,23)/t9-/m0/s1. The first-order valence-electron chi connectivity index (χ1n) is 7.65. The largest absolute Gasteiger partial charge is 0.465 e. The van der Waals surface area contributed by atoms with Crippen molar-refractivity contribution in [3.05, 3.63) is 28.5 Å². The highest BCUT2D eigenvalue weighted by Crippen LogP contribution is 2.30. The Morgan fingerprint density at radius 2 is 2.04 bits per heavy atom. The molecule has 1 heterocycles. The first-order chi connectivity index (χ1) is 11.3. The Kier molecular flexibility index (Phi) is 5.88. The molecule has 0 aliphatic carbocycles. The number of carbonyl (C=O) groups excluding carboxylic acids is 1. The van der Waals surface area contributed by atoms with Crippen molar-refractivity contribution in [3.63, 3.8) is 0 Å². The Bertz CT molecular complexity index is 633. The van der Waals surface area contributed by atoms with Gasteiger partial charge in [0.2, 0.25) is 0 Å². The maximum atomic E-state index is 13.9. The van der Waals surface area contributed by atoms with E-state index in [1.165, 1.54) is 18.1 Å². The molecule has 1 atom stereocenters. The Labute approximate surface area is 144 Å². The molecule has 0 bridgehead atoms. The van der Waals surface area contributed by atoms with Gasteiger partial charge < -0.3 is 20.1 Å². The van der Waals surface area contributed by atoms with Crippen molar-refractivity contribution in [1.29, 1.82) is 0 Å². The van der Waals surface area contributed by atoms with Gasteiger partial charge in [-0.25, -0.2) is 14.0 Å². The highest BCUT2D eigenvalue weighted by Gasteiger charge is 2.27. The van der Waals surface area contributed by atoms with Crippen LogP contribution < -0.4 is 5.32 Å². The highest BCUT2D eigenvalue weighted by atomic mass is 35.5. The molecule has 0 unspecified atom stereocenters.